The van der Waals surface area contributed by atoms with Crippen molar-refractivity contribution >= 4 is 18.0 Å². The molecule has 4 nitrogen and oxygen atoms in total. The molecule has 1 aromatic carbocycles. The summed E-state index contributed by atoms with van der Waals surface area (Å²) < 4.78 is 0. The molecule has 0 fully saturated rings. The highest BCUT2D eigenvalue weighted by atomic mass is 32.2. The Hall–Kier alpha value is -1.88. The van der Waals surface area contributed by atoms with E-state index >= 15 is 0 Å². The lowest BCUT2D eigenvalue weighted by Crippen LogP contribution is -1.92. The maximum absolute atomic E-state index is 8.42. The van der Waals surface area contributed by atoms with Crippen molar-refractivity contribution in [1.82, 2.24) is 9.97 Å². The topological polar surface area (TPSA) is 58.4 Å². The van der Waals surface area contributed by atoms with Gasteiger partial charge in [-0.05, 0) is 11.6 Å². The first-order valence-corrected chi connectivity index (χ1v) is 6.04. The fraction of sp³-hybridized carbons (Fsp3) is 0.0833. The van der Waals surface area contributed by atoms with Crippen molar-refractivity contribution < 1.29 is 5.21 Å². The molecule has 1 heterocycles. The summed E-state index contributed by atoms with van der Waals surface area (Å²) in [4.78, 5) is 8.37. The maximum Gasteiger partial charge on any atom is 0.188 e. The molecule has 0 aliphatic rings. The zero-order valence-corrected chi connectivity index (χ0v) is 9.84. The summed E-state index contributed by atoms with van der Waals surface area (Å²) in [6.07, 6.45) is 2.94. The van der Waals surface area contributed by atoms with Gasteiger partial charge in [0.15, 0.2) is 5.16 Å². The van der Waals surface area contributed by atoms with Crippen LogP contribution in [-0.4, -0.2) is 21.4 Å². The molecule has 0 unspecified atom stereocenters. The molecule has 0 aliphatic heterocycles. The third-order valence-corrected chi connectivity index (χ3v) is 2.99. The molecular formula is C12H11N3OS. The Morgan fingerprint density at radius 1 is 1.24 bits per heavy atom. The molecule has 2 rings (SSSR count). The molecule has 1 aromatic heterocycles. The number of oxime groups is 1. The maximum atomic E-state index is 8.42. The summed E-state index contributed by atoms with van der Waals surface area (Å²) in [6.45, 7) is 0. The van der Waals surface area contributed by atoms with Gasteiger partial charge in [-0.2, -0.15) is 0 Å². The molecule has 17 heavy (non-hydrogen) atoms. The molecule has 2 aromatic rings. The molecule has 0 spiro atoms. The Labute approximate surface area is 103 Å². The van der Waals surface area contributed by atoms with E-state index < -0.39 is 0 Å². The van der Waals surface area contributed by atoms with Gasteiger partial charge in [-0.3, -0.25) is 0 Å². The van der Waals surface area contributed by atoms with Gasteiger partial charge in [0.25, 0.3) is 0 Å². The van der Waals surface area contributed by atoms with Gasteiger partial charge in [-0.15, -0.1) is 0 Å². The quantitative estimate of drug-likeness (QED) is 0.296. The van der Waals surface area contributed by atoms with E-state index in [-0.39, 0.29) is 0 Å². The van der Waals surface area contributed by atoms with Crippen LogP contribution >= 0.6 is 11.8 Å². The second kappa shape index (κ2) is 6.00. The minimum Gasteiger partial charge on any atom is -0.411 e. The number of thioether (sulfide) groups is 1. The highest BCUT2D eigenvalue weighted by molar-refractivity contribution is 7.98. The van der Waals surface area contributed by atoms with Crippen LogP contribution in [0.25, 0.3) is 0 Å². The number of aromatic nitrogens is 2. The van der Waals surface area contributed by atoms with Crippen molar-refractivity contribution in [2.24, 2.45) is 5.16 Å². The SMILES string of the molecule is ON=Cc1ccnc(SCc2ccccc2)n1. The summed E-state index contributed by atoms with van der Waals surface area (Å²) in [7, 11) is 0. The van der Waals surface area contributed by atoms with E-state index in [0.717, 1.165) is 5.75 Å². The first-order valence-electron chi connectivity index (χ1n) is 5.05. The van der Waals surface area contributed by atoms with Crippen LogP contribution in [0.3, 0.4) is 0 Å². The zero-order valence-electron chi connectivity index (χ0n) is 9.02. The Bertz CT molecular complexity index is 502. The van der Waals surface area contributed by atoms with Crippen molar-refractivity contribution in [3.63, 3.8) is 0 Å². The third kappa shape index (κ3) is 3.57. The molecule has 0 atom stereocenters. The van der Waals surface area contributed by atoms with Crippen molar-refractivity contribution in [3.05, 3.63) is 53.9 Å². The summed E-state index contributed by atoms with van der Waals surface area (Å²) in [5, 5.41) is 12.0. The van der Waals surface area contributed by atoms with Gasteiger partial charge in [0.1, 0.15) is 0 Å². The van der Waals surface area contributed by atoms with Gasteiger partial charge in [-0.25, -0.2) is 9.97 Å². The third-order valence-electron chi connectivity index (χ3n) is 2.06. The van der Waals surface area contributed by atoms with Crippen LogP contribution in [0.2, 0.25) is 0 Å². The van der Waals surface area contributed by atoms with Crippen LogP contribution in [0.15, 0.2) is 52.9 Å². The Kier molecular flexibility index (Phi) is 4.10. The number of hydrogen-bond donors (Lipinski definition) is 1. The number of rotatable bonds is 4. The van der Waals surface area contributed by atoms with Gasteiger partial charge in [0, 0.05) is 11.9 Å². The lowest BCUT2D eigenvalue weighted by molar-refractivity contribution is 0.321. The average Bonchev–Trinajstić information content (AvgIpc) is 2.39. The number of hydrogen-bond acceptors (Lipinski definition) is 5. The van der Waals surface area contributed by atoms with Crippen LogP contribution < -0.4 is 0 Å². The summed E-state index contributed by atoms with van der Waals surface area (Å²) in [6, 6.07) is 11.8. The lowest BCUT2D eigenvalue weighted by Gasteiger charge is -2.00. The van der Waals surface area contributed by atoms with Gasteiger partial charge in [-0.1, -0.05) is 47.2 Å². The first-order chi connectivity index (χ1) is 8.38. The molecule has 0 radical (unpaired) electrons. The molecule has 5 heteroatoms. The van der Waals surface area contributed by atoms with E-state index in [2.05, 4.69) is 27.3 Å². The highest BCUT2D eigenvalue weighted by Crippen LogP contribution is 2.18. The average molecular weight is 245 g/mol. The van der Waals surface area contributed by atoms with Gasteiger partial charge >= 0.3 is 0 Å². The van der Waals surface area contributed by atoms with E-state index in [1.165, 1.54) is 11.8 Å². The van der Waals surface area contributed by atoms with Gasteiger partial charge < -0.3 is 5.21 Å². The minimum atomic E-state index is 0.595. The minimum absolute atomic E-state index is 0.595. The Balaban J connectivity index is 2.02. The van der Waals surface area contributed by atoms with Crippen LogP contribution in [0, 0.1) is 0 Å². The molecule has 0 bridgehead atoms. The van der Waals surface area contributed by atoms with Crippen LogP contribution in [0.4, 0.5) is 0 Å². The summed E-state index contributed by atoms with van der Waals surface area (Å²) in [5.74, 6) is 0.820. The van der Waals surface area contributed by atoms with Crippen molar-refractivity contribution in [2.75, 3.05) is 0 Å². The predicted octanol–water partition coefficient (Wildman–Crippen LogP) is 2.58. The van der Waals surface area contributed by atoms with E-state index in [9.17, 15) is 0 Å². The number of nitrogens with zero attached hydrogens (tertiary/aromatic N) is 3. The predicted molar refractivity (Wildman–Crippen MR) is 67.4 cm³/mol. The lowest BCUT2D eigenvalue weighted by atomic mass is 10.2. The first kappa shape index (κ1) is 11.6. The number of benzene rings is 1. The fourth-order valence-corrected chi connectivity index (χ4v) is 2.07. The smallest absolute Gasteiger partial charge is 0.188 e. The van der Waals surface area contributed by atoms with Crippen LogP contribution in [0.1, 0.15) is 11.3 Å². The van der Waals surface area contributed by atoms with Crippen LogP contribution in [0.5, 0.6) is 0 Å². The standard InChI is InChI=1S/C12H11N3OS/c16-14-8-11-6-7-13-12(15-11)17-9-10-4-2-1-3-5-10/h1-8,16H,9H2. The Morgan fingerprint density at radius 2 is 2.06 bits per heavy atom. The second-order valence-electron chi connectivity index (χ2n) is 3.28. The molecular weight excluding hydrogens is 234 g/mol. The Morgan fingerprint density at radius 3 is 2.82 bits per heavy atom. The largest absolute Gasteiger partial charge is 0.411 e. The van der Waals surface area contributed by atoms with Gasteiger partial charge in [0.2, 0.25) is 0 Å². The molecule has 0 saturated carbocycles. The molecule has 0 amide bonds. The van der Waals surface area contributed by atoms with Crippen LogP contribution in [-0.2, 0) is 5.75 Å². The van der Waals surface area contributed by atoms with E-state index in [4.69, 9.17) is 5.21 Å². The molecule has 1 N–H and O–H groups in total. The highest BCUT2D eigenvalue weighted by Gasteiger charge is 1.99. The van der Waals surface area contributed by atoms with Gasteiger partial charge in [0.05, 0.1) is 11.9 Å². The fourth-order valence-electron chi connectivity index (χ4n) is 1.28. The normalized spacial score (nSPS) is 10.8. The molecule has 0 aliphatic carbocycles. The summed E-state index contributed by atoms with van der Waals surface area (Å²) >= 11 is 1.55. The van der Waals surface area contributed by atoms with Crippen molar-refractivity contribution in [3.8, 4) is 0 Å². The van der Waals surface area contributed by atoms with E-state index in [1.54, 1.807) is 24.0 Å². The monoisotopic (exact) mass is 245 g/mol. The second-order valence-corrected chi connectivity index (χ2v) is 4.23. The molecule has 0 saturated heterocycles. The van der Waals surface area contributed by atoms with Crippen molar-refractivity contribution in [2.45, 2.75) is 10.9 Å². The summed E-state index contributed by atoms with van der Waals surface area (Å²) in [5.41, 5.74) is 1.82. The zero-order chi connectivity index (χ0) is 11.9. The van der Waals surface area contributed by atoms with E-state index in [0.29, 0.717) is 10.9 Å². The van der Waals surface area contributed by atoms with E-state index in [1.807, 2.05) is 18.2 Å². The van der Waals surface area contributed by atoms with Crippen molar-refractivity contribution in [1.29, 1.82) is 0 Å². The molecule has 86 valence electrons.